The van der Waals surface area contributed by atoms with Crippen LogP contribution in [0.1, 0.15) is 50.3 Å². The number of likely N-dealkylation sites (tertiary alicyclic amines) is 1. The number of hydrogen-bond donors (Lipinski definition) is 4. The molecule has 0 unspecified atom stereocenters. The molecule has 3 heterocycles. The van der Waals surface area contributed by atoms with E-state index in [2.05, 4.69) is 108 Å². The molecular weight excluding hydrogens is 688 g/mol. The van der Waals surface area contributed by atoms with E-state index in [9.17, 15) is 19.2 Å². The van der Waals surface area contributed by atoms with Gasteiger partial charge >= 0.3 is 12.2 Å². The Bertz CT molecular complexity index is 2170. The largest absolute Gasteiger partial charge is 0.453 e. The Balaban J connectivity index is 1.00. The van der Waals surface area contributed by atoms with E-state index in [0.717, 1.165) is 75.9 Å². The van der Waals surface area contributed by atoms with Gasteiger partial charge in [0, 0.05) is 18.7 Å². The number of fused-ring (bicyclic) bond motifs is 1. The van der Waals surface area contributed by atoms with E-state index in [1.54, 1.807) is 22.2 Å². The summed E-state index contributed by atoms with van der Waals surface area (Å²) in [4.78, 5) is 68.3. The van der Waals surface area contributed by atoms with Gasteiger partial charge in [-0.05, 0) is 70.7 Å². The molecule has 14 heteroatoms. The van der Waals surface area contributed by atoms with Gasteiger partial charge in [0.15, 0.2) is 0 Å². The zero-order chi connectivity index (χ0) is 37.8. The highest BCUT2D eigenvalue weighted by molar-refractivity contribution is 5.90. The molecule has 5 aromatic rings. The topological polar surface area (TPSA) is 175 Å². The maximum Gasteiger partial charge on any atom is 0.407 e. The van der Waals surface area contributed by atoms with Gasteiger partial charge in [-0.25, -0.2) is 19.6 Å². The molecule has 0 spiro atoms. The number of nitrogens with one attached hydrogen (secondary N) is 4. The van der Waals surface area contributed by atoms with Crippen LogP contribution in [0.5, 0.6) is 0 Å². The van der Waals surface area contributed by atoms with Gasteiger partial charge in [0.2, 0.25) is 11.8 Å². The maximum absolute atomic E-state index is 13.0. The van der Waals surface area contributed by atoms with E-state index < -0.39 is 12.2 Å². The van der Waals surface area contributed by atoms with Crippen LogP contribution in [0.3, 0.4) is 0 Å². The molecule has 4 N–H and O–H groups in total. The summed E-state index contributed by atoms with van der Waals surface area (Å²) in [7, 11) is 2.54. The molecule has 1 atom stereocenters. The number of aromatic amines is 2. The van der Waals surface area contributed by atoms with Gasteiger partial charge in [-0.15, -0.1) is 0 Å². The Kier molecular flexibility index (Phi) is 10.3. The number of alkyl carbamates (subject to hydrolysis) is 2. The molecule has 1 saturated heterocycles. The standard InChI is InChI=1S/C40H44N8O6/c1-40(14-15-40)24-47(35(49)21-43-38(51)53-2)23-34-41-19-32(45-34)30-13-12-28-17-27(10-11-29(28)18-30)25-6-8-26(9-7-25)31-20-42-37(46-31)33-5-4-16-48(33)36(50)22-44-39(52)54-3/h6-13,17-20,33H,4-5,14-16,21-24H2,1-3H3,(H,41,45)(H,42,46)(H,43,51)(H,44,52)/t33-/m0/s1. The number of H-pyrrole nitrogens is 2. The molecule has 14 nitrogen and oxygen atoms in total. The highest BCUT2D eigenvalue weighted by Crippen LogP contribution is 2.45. The van der Waals surface area contributed by atoms with Crippen LogP contribution in [-0.2, 0) is 25.6 Å². The fourth-order valence-corrected chi connectivity index (χ4v) is 6.93. The van der Waals surface area contributed by atoms with Crippen molar-refractivity contribution in [3.05, 3.63) is 84.7 Å². The second-order valence-electron chi connectivity index (χ2n) is 14.3. The lowest BCUT2D eigenvalue weighted by Crippen LogP contribution is -2.42. The van der Waals surface area contributed by atoms with Crippen molar-refractivity contribution in [2.45, 2.75) is 45.2 Å². The van der Waals surface area contributed by atoms with Crippen molar-refractivity contribution in [3.63, 3.8) is 0 Å². The van der Waals surface area contributed by atoms with Crippen LogP contribution in [0.25, 0.3) is 44.4 Å². The quantitative estimate of drug-likeness (QED) is 0.125. The first-order valence-electron chi connectivity index (χ1n) is 18.1. The average Bonchev–Trinajstić information content (AvgIpc) is 3.64. The lowest BCUT2D eigenvalue weighted by Gasteiger charge is -2.25. The molecule has 1 saturated carbocycles. The highest BCUT2D eigenvalue weighted by Gasteiger charge is 2.40. The molecule has 0 radical (unpaired) electrons. The fourth-order valence-electron chi connectivity index (χ4n) is 6.93. The number of carbonyl (C=O) groups excluding carboxylic acids is 4. The van der Waals surface area contributed by atoms with Crippen LogP contribution in [0.2, 0.25) is 0 Å². The summed E-state index contributed by atoms with van der Waals surface area (Å²) in [6, 6.07) is 20.8. The SMILES string of the molecule is COC(=O)NCC(=O)N(Cc1ncc(-c2ccc3cc(-c4ccc(-c5cnc([C@@H]6CCCN6C(=O)CNC(=O)OC)[nH]5)cc4)ccc3c2)[nH]1)CC1(C)CC1. The molecular formula is C40H44N8O6. The van der Waals surface area contributed by atoms with Crippen LogP contribution < -0.4 is 10.6 Å². The van der Waals surface area contributed by atoms with Gasteiger partial charge in [-0.2, -0.15) is 0 Å². The van der Waals surface area contributed by atoms with Crippen molar-refractivity contribution < 1.29 is 28.7 Å². The third kappa shape index (κ3) is 8.22. The molecule has 1 aliphatic heterocycles. The molecule has 54 heavy (non-hydrogen) atoms. The second kappa shape index (κ2) is 15.4. The van der Waals surface area contributed by atoms with Crippen LogP contribution >= 0.6 is 0 Å². The van der Waals surface area contributed by atoms with Crippen molar-refractivity contribution in [1.82, 2.24) is 40.4 Å². The number of hydrogen-bond acceptors (Lipinski definition) is 8. The first-order valence-corrected chi connectivity index (χ1v) is 18.1. The van der Waals surface area contributed by atoms with E-state index in [4.69, 9.17) is 0 Å². The number of imidazole rings is 2. The van der Waals surface area contributed by atoms with Gasteiger partial charge < -0.3 is 39.9 Å². The Morgan fingerprint density at radius 1 is 0.815 bits per heavy atom. The monoisotopic (exact) mass is 732 g/mol. The summed E-state index contributed by atoms with van der Waals surface area (Å²) in [5, 5.41) is 7.14. The minimum absolute atomic E-state index is 0.0922. The first kappa shape index (κ1) is 36.2. The van der Waals surface area contributed by atoms with Crippen molar-refractivity contribution in [3.8, 4) is 33.6 Å². The number of methoxy groups -OCH3 is 2. The predicted molar refractivity (Wildman–Crippen MR) is 202 cm³/mol. The summed E-state index contributed by atoms with van der Waals surface area (Å²) in [5.74, 6) is 1.04. The summed E-state index contributed by atoms with van der Waals surface area (Å²) >= 11 is 0. The van der Waals surface area contributed by atoms with E-state index in [1.165, 1.54) is 14.2 Å². The van der Waals surface area contributed by atoms with Crippen molar-refractivity contribution in [2.75, 3.05) is 40.4 Å². The molecule has 3 aromatic carbocycles. The lowest BCUT2D eigenvalue weighted by atomic mass is 9.98. The van der Waals surface area contributed by atoms with Gasteiger partial charge in [-0.3, -0.25) is 9.59 Å². The van der Waals surface area contributed by atoms with Gasteiger partial charge in [0.25, 0.3) is 0 Å². The van der Waals surface area contributed by atoms with Crippen LogP contribution in [0.15, 0.2) is 73.1 Å². The Morgan fingerprint density at radius 3 is 2.13 bits per heavy atom. The van der Waals surface area contributed by atoms with E-state index in [0.29, 0.717) is 25.5 Å². The Morgan fingerprint density at radius 2 is 1.43 bits per heavy atom. The second-order valence-corrected chi connectivity index (χ2v) is 14.3. The number of rotatable bonds is 12. The number of carbonyl (C=O) groups is 4. The summed E-state index contributed by atoms with van der Waals surface area (Å²) in [5.41, 5.74) is 5.95. The molecule has 2 aliphatic rings. The van der Waals surface area contributed by atoms with Gasteiger partial charge in [0.05, 0.1) is 50.6 Å². The van der Waals surface area contributed by atoms with E-state index in [-0.39, 0.29) is 36.4 Å². The minimum Gasteiger partial charge on any atom is -0.453 e. The summed E-state index contributed by atoms with van der Waals surface area (Å²) in [6.45, 7) is 3.42. The Hall–Kier alpha value is -6.18. The summed E-state index contributed by atoms with van der Waals surface area (Å²) < 4.78 is 9.19. The zero-order valence-electron chi connectivity index (χ0n) is 30.6. The number of amides is 4. The van der Waals surface area contributed by atoms with Crippen molar-refractivity contribution >= 4 is 34.8 Å². The maximum atomic E-state index is 13.0. The van der Waals surface area contributed by atoms with Gasteiger partial charge in [0.1, 0.15) is 24.7 Å². The van der Waals surface area contributed by atoms with Crippen molar-refractivity contribution in [2.24, 2.45) is 5.41 Å². The average molecular weight is 733 g/mol. The van der Waals surface area contributed by atoms with E-state index >= 15 is 0 Å². The molecule has 280 valence electrons. The summed E-state index contributed by atoms with van der Waals surface area (Å²) in [6.07, 6.45) is 6.09. The number of ether oxygens (including phenoxy) is 2. The Labute approximate surface area is 312 Å². The van der Waals surface area contributed by atoms with Crippen LogP contribution in [0, 0.1) is 5.41 Å². The molecule has 7 rings (SSSR count). The predicted octanol–water partition coefficient (Wildman–Crippen LogP) is 5.79. The molecule has 1 aliphatic carbocycles. The molecule has 2 aromatic heterocycles. The third-order valence-electron chi connectivity index (χ3n) is 10.3. The number of aromatic nitrogens is 4. The normalized spacial score (nSPS) is 15.8. The highest BCUT2D eigenvalue weighted by atomic mass is 16.5. The third-order valence-corrected chi connectivity index (χ3v) is 10.3. The smallest absolute Gasteiger partial charge is 0.407 e. The first-order chi connectivity index (χ1) is 26.1. The number of nitrogens with zero attached hydrogens (tertiary/aromatic N) is 4. The van der Waals surface area contributed by atoms with Gasteiger partial charge in [-0.1, -0.05) is 55.5 Å². The van der Waals surface area contributed by atoms with Crippen molar-refractivity contribution in [1.29, 1.82) is 0 Å². The van der Waals surface area contributed by atoms with Crippen LogP contribution in [0.4, 0.5) is 9.59 Å². The van der Waals surface area contributed by atoms with Crippen LogP contribution in [-0.4, -0.2) is 94.1 Å². The number of benzene rings is 3. The van der Waals surface area contributed by atoms with E-state index in [1.807, 2.05) is 0 Å². The zero-order valence-corrected chi connectivity index (χ0v) is 30.6. The fraction of sp³-hybridized carbons (Fsp3) is 0.350. The minimum atomic E-state index is -0.638. The lowest BCUT2D eigenvalue weighted by molar-refractivity contribution is -0.132. The molecule has 4 amide bonds. The molecule has 0 bridgehead atoms. The molecule has 2 fully saturated rings.